The van der Waals surface area contributed by atoms with Crippen LogP contribution in [0.1, 0.15) is 11.3 Å². The highest BCUT2D eigenvalue weighted by atomic mass is 16.5. The molecule has 7 nitrogen and oxygen atoms in total. The van der Waals surface area contributed by atoms with Gasteiger partial charge in [0.15, 0.2) is 5.96 Å². The Morgan fingerprint density at radius 2 is 2.16 bits per heavy atom. The first kappa shape index (κ1) is 18.4. The highest BCUT2D eigenvalue weighted by Gasteiger charge is 2.02. The lowest BCUT2D eigenvalue weighted by Gasteiger charge is -2.07. The topological polar surface area (TPSA) is 102 Å². The molecular weight excluding hydrogens is 318 g/mol. The first-order valence-corrected chi connectivity index (χ1v) is 7.99. The molecule has 0 fully saturated rings. The number of methoxy groups -OCH3 is 1. The maximum atomic E-state index is 11.5. The lowest BCUT2D eigenvalue weighted by atomic mass is 10.2. The van der Waals surface area contributed by atoms with Crippen LogP contribution in [0.3, 0.4) is 0 Å². The molecule has 7 heteroatoms. The van der Waals surface area contributed by atoms with E-state index in [1.807, 2.05) is 42.5 Å². The van der Waals surface area contributed by atoms with E-state index in [-0.39, 0.29) is 12.5 Å². The maximum Gasteiger partial charge on any atom is 0.250 e. The molecule has 0 aliphatic rings. The molecule has 4 N–H and O–H groups in total. The molecule has 0 unspecified atom stereocenters. The molecule has 1 aromatic heterocycles. The number of hydrogen-bond acceptors (Lipinski definition) is 4. The van der Waals surface area contributed by atoms with Crippen LogP contribution in [0.5, 0.6) is 0 Å². The highest BCUT2D eigenvalue weighted by Crippen LogP contribution is 2.11. The van der Waals surface area contributed by atoms with Crippen molar-refractivity contribution >= 4 is 17.6 Å². The number of nitrogens with two attached hydrogens (primary N) is 1. The normalized spacial score (nSPS) is 11.2. The molecule has 132 valence electrons. The summed E-state index contributed by atoms with van der Waals surface area (Å²) in [6.45, 7) is 1.12. The first-order chi connectivity index (χ1) is 12.2. The second kappa shape index (κ2) is 10.0. The smallest absolute Gasteiger partial charge is 0.250 e. The molecule has 0 bridgehead atoms. The van der Waals surface area contributed by atoms with E-state index in [4.69, 9.17) is 10.5 Å². The lowest BCUT2D eigenvalue weighted by Crippen LogP contribution is -2.33. The van der Waals surface area contributed by atoms with Gasteiger partial charge in [-0.2, -0.15) is 0 Å². The molecule has 1 aromatic carbocycles. The van der Waals surface area contributed by atoms with Gasteiger partial charge in [-0.05, 0) is 29.8 Å². The Labute approximate surface area is 147 Å². The second-order valence-electron chi connectivity index (χ2n) is 5.38. The third-order valence-electron chi connectivity index (χ3n) is 3.33. The number of rotatable bonds is 8. The highest BCUT2D eigenvalue weighted by molar-refractivity contribution is 5.91. The van der Waals surface area contributed by atoms with Crippen LogP contribution < -0.4 is 16.4 Å². The van der Waals surface area contributed by atoms with E-state index in [1.165, 1.54) is 7.11 Å². The predicted octanol–water partition coefficient (Wildman–Crippen LogP) is 1.31. The second-order valence-corrected chi connectivity index (χ2v) is 5.38. The third kappa shape index (κ3) is 7.01. The van der Waals surface area contributed by atoms with Crippen molar-refractivity contribution in [2.75, 3.05) is 25.6 Å². The molecule has 1 heterocycles. The molecule has 0 radical (unpaired) electrons. The largest absolute Gasteiger partial charge is 0.375 e. The van der Waals surface area contributed by atoms with Crippen molar-refractivity contribution in [3.63, 3.8) is 0 Å². The Morgan fingerprint density at radius 3 is 2.92 bits per heavy atom. The minimum absolute atomic E-state index is 0.0233. The summed E-state index contributed by atoms with van der Waals surface area (Å²) in [6, 6.07) is 13.3. The van der Waals surface area contributed by atoms with E-state index in [2.05, 4.69) is 20.6 Å². The molecule has 0 spiro atoms. The molecular formula is C18H23N5O2. The zero-order valence-electron chi connectivity index (χ0n) is 14.2. The van der Waals surface area contributed by atoms with Gasteiger partial charge in [-0.3, -0.25) is 9.78 Å². The van der Waals surface area contributed by atoms with Gasteiger partial charge in [-0.25, -0.2) is 4.99 Å². The van der Waals surface area contributed by atoms with Gasteiger partial charge in [0.2, 0.25) is 5.91 Å². The maximum absolute atomic E-state index is 11.5. The van der Waals surface area contributed by atoms with E-state index < -0.39 is 0 Å². The summed E-state index contributed by atoms with van der Waals surface area (Å²) in [7, 11) is 1.48. The zero-order chi connectivity index (χ0) is 17.9. The summed E-state index contributed by atoms with van der Waals surface area (Å²) in [5.74, 6) is 0.184. The average molecular weight is 341 g/mol. The number of hydrogen-bond donors (Lipinski definition) is 3. The molecule has 2 rings (SSSR count). The summed E-state index contributed by atoms with van der Waals surface area (Å²) in [4.78, 5) is 20.1. The van der Waals surface area contributed by atoms with Crippen LogP contribution in [0.15, 0.2) is 53.7 Å². The monoisotopic (exact) mass is 341 g/mol. The molecule has 1 amide bonds. The minimum Gasteiger partial charge on any atom is -0.375 e. The standard InChI is InChI=1S/C18H23N5O2/c1-25-13-17(24)23-16-7-4-5-14(11-16)12-22-18(19)21-10-8-15-6-2-3-9-20-15/h2-7,9,11H,8,10,12-13H2,1H3,(H,23,24)(H3,19,21,22). The van der Waals surface area contributed by atoms with Crippen molar-refractivity contribution in [1.82, 2.24) is 10.3 Å². The number of guanidine groups is 1. The van der Waals surface area contributed by atoms with Crippen molar-refractivity contribution in [3.8, 4) is 0 Å². The molecule has 25 heavy (non-hydrogen) atoms. The number of ether oxygens (including phenoxy) is 1. The molecule has 0 saturated heterocycles. The van der Waals surface area contributed by atoms with Crippen LogP contribution in [0.4, 0.5) is 5.69 Å². The third-order valence-corrected chi connectivity index (χ3v) is 3.33. The van der Waals surface area contributed by atoms with E-state index in [0.717, 1.165) is 17.7 Å². The fourth-order valence-electron chi connectivity index (χ4n) is 2.17. The van der Waals surface area contributed by atoms with Gasteiger partial charge >= 0.3 is 0 Å². The number of carbonyl (C=O) groups excluding carboxylic acids is 1. The van der Waals surface area contributed by atoms with Gasteiger partial charge in [-0.15, -0.1) is 0 Å². The van der Waals surface area contributed by atoms with Crippen molar-refractivity contribution < 1.29 is 9.53 Å². The molecule has 0 saturated carbocycles. The number of amides is 1. The SMILES string of the molecule is COCC(=O)Nc1cccc(CN=C(N)NCCc2ccccn2)c1. The molecule has 0 atom stereocenters. The van der Waals surface area contributed by atoms with E-state index >= 15 is 0 Å². The van der Waals surface area contributed by atoms with E-state index in [1.54, 1.807) is 6.20 Å². The van der Waals surface area contributed by atoms with Crippen LogP contribution in [-0.4, -0.2) is 37.1 Å². The van der Waals surface area contributed by atoms with Crippen molar-refractivity contribution in [1.29, 1.82) is 0 Å². The Bertz CT molecular complexity index is 704. The number of carbonyl (C=O) groups is 1. The summed E-state index contributed by atoms with van der Waals surface area (Å²) < 4.78 is 4.79. The van der Waals surface area contributed by atoms with Gasteiger partial charge in [0.1, 0.15) is 6.61 Å². The van der Waals surface area contributed by atoms with Crippen LogP contribution in [0.2, 0.25) is 0 Å². The average Bonchev–Trinajstić information content (AvgIpc) is 2.61. The minimum atomic E-state index is -0.196. The molecule has 0 aliphatic heterocycles. The van der Waals surface area contributed by atoms with Gasteiger partial charge < -0.3 is 21.1 Å². The first-order valence-electron chi connectivity index (χ1n) is 7.99. The van der Waals surface area contributed by atoms with Crippen LogP contribution in [-0.2, 0) is 22.5 Å². The van der Waals surface area contributed by atoms with Gasteiger partial charge in [0.25, 0.3) is 0 Å². The van der Waals surface area contributed by atoms with E-state index in [0.29, 0.717) is 24.7 Å². The number of aliphatic imine (C=N–C) groups is 1. The van der Waals surface area contributed by atoms with Crippen molar-refractivity contribution in [2.24, 2.45) is 10.7 Å². The summed E-state index contributed by atoms with van der Waals surface area (Å²) >= 11 is 0. The number of nitrogens with one attached hydrogen (secondary N) is 2. The number of pyridine rings is 1. The Kier molecular flexibility index (Phi) is 7.40. The van der Waals surface area contributed by atoms with Gasteiger partial charge in [-0.1, -0.05) is 18.2 Å². The Morgan fingerprint density at radius 1 is 1.28 bits per heavy atom. The summed E-state index contributed by atoms with van der Waals surface area (Å²) in [5, 5.41) is 5.82. The van der Waals surface area contributed by atoms with Crippen LogP contribution >= 0.6 is 0 Å². The lowest BCUT2D eigenvalue weighted by molar-refractivity contribution is -0.119. The zero-order valence-corrected chi connectivity index (χ0v) is 14.2. The fraction of sp³-hybridized carbons (Fsp3) is 0.278. The number of aromatic nitrogens is 1. The Balaban J connectivity index is 1.80. The van der Waals surface area contributed by atoms with Crippen LogP contribution in [0.25, 0.3) is 0 Å². The fourth-order valence-corrected chi connectivity index (χ4v) is 2.17. The van der Waals surface area contributed by atoms with E-state index in [9.17, 15) is 4.79 Å². The van der Waals surface area contributed by atoms with Crippen LogP contribution in [0, 0.1) is 0 Å². The summed E-state index contributed by atoms with van der Waals surface area (Å²) in [6.07, 6.45) is 2.54. The quantitative estimate of drug-likeness (QED) is 0.496. The molecule has 0 aliphatic carbocycles. The van der Waals surface area contributed by atoms with Crippen molar-refractivity contribution in [2.45, 2.75) is 13.0 Å². The predicted molar refractivity (Wildman–Crippen MR) is 98.2 cm³/mol. The van der Waals surface area contributed by atoms with Gasteiger partial charge in [0, 0.05) is 37.7 Å². The Hall–Kier alpha value is -2.93. The van der Waals surface area contributed by atoms with Crippen molar-refractivity contribution in [3.05, 3.63) is 59.9 Å². The summed E-state index contributed by atoms with van der Waals surface area (Å²) in [5.41, 5.74) is 8.53. The number of nitrogens with zero attached hydrogens (tertiary/aromatic N) is 2. The number of benzene rings is 1. The molecule has 2 aromatic rings. The number of anilines is 1. The van der Waals surface area contributed by atoms with Gasteiger partial charge in [0.05, 0.1) is 6.54 Å².